The number of fused-ring (bicyclic) bond motifs is 2. The van der Waals surface area contributed by atoms with Gasteiger partial charge in [0.05, 0.1) is 0 Å². The average Bonchev–Trinajstić information content (AvgIpc) is 2.92. The minimum atomic E-state index is 0.135. The molecule has 0 radical (unpaired) electrons. The SMILES string of the molecule is CN1C2CCC1/C(=C\c1cccc(Cl)c1)C(=O)/C2=C/c1cccc(Cl)c1. The van der Waals surface area contributed by atoms with Gasteiger partial charge in [-0.1, -0.05) is 47.5 Å². The molecule has 2 nitrogen and oxygen atoms in total. The minimum absolute atomic E-state index is 0.135. The molecular formula is C22H19Cl2NO. The van der Waals surface area contributed by atoms with Gasteiger partial charge in [-0.2, -0.15) is 0 Å². The highest BCUT2D eigenvalue weighted by Gasteiger charge is 2.44. The molecule has 2 bridgehead atoms. The number of likely N-dealkylation sites (N-methyl/N-ethyl adjacent to an activating group) is 1. The van der Waals surface area contributed by atoms with Crippen LogP contribution in [0.5, 0.6) is 0 Å². The van der Waals surface area contributed by atoms with Crippen LogP contribution in [-0.2, 0) is 4.79 Å². The predicted octanol–water partition coefficient (Wildman–Crippen LogP) is 5.51. The van der Waals surface area contributed by atoms with Crippen LogP contribution in [0, 0.1) is 0 Å². The van der Waals surface area contributed by atoms with Crippen molar-refractivity contribution in [2.75, 3.05) is 7.05 Å². The molecule has 4 heteroatoms. The van der Waals surface area contributed by atoms with Crippen LogP contribution < -0.4 is 0 Å². The zero-order valence-corrected chi connectivity index (χ0v) is 16.0. The number of ketones is 1. The number of hydrogen-bond acceptors (Lipinski definition) is 2. The Morgan fingerprint density at radius 2 is 1.35 bits per heavy atom. The molecule has 2 aliphatic heterocycles. The van der Waals surface area contributed by atoms with Crippen LogP contribution in [-0.4, -0.2) is 29.8 Å². The van der Waals surface area contributed by atoms with Crippen molar-refractivity contribution in [3.63, 3.8) is 0 Å². The lowest BCUT2D eigenvalue weighted by Crippen LogP contribution is -2.43. The number of carbonyl (C=O) groups is 1. The van der Waals surface area contributed by atoms with E-state index in [1.54, 1.807) is 0 Å². The highest BCUT2D eigenvalue weighted by atomic mass is 35.5. The van der Waals surface area contributed by atoms with Gasteiger partial charge >= 0.3 is 0 Å². The first-order valence-corrected chi connectivity index (χ1v) is 9.49. The zero-order chi connectivity index (χ0) is 18.3. The maximum atomic E-state index is 13.3. The molecule has 4 rings (SSSR count). The quantitative estimate of drug-likeness (QED) is 0.637. The summed E-state index contributed by atoms with van der Waals surface area (Å²) in [5, 5.41) is 1.35. The number of piperidine rings is 1. The lowest BCUT2D eigenvalue weighted by Gasteiger charge is -2.34. The molecule has 0 spiro atoms. The molecule has 26 heavy (non-hydrogen) atoms. The first-order chi connectivity index (χ1) is 12.5. The molecule has 2 aromatic rings. The lowest BCUT2D eigenvalue weighted by atomic mass is 9.88. The normalized spacial score (nSPS) is 26.0. The fourth-order valence-corrected chi connectivity index (χ4v) is 4.43. The van der Waals surface area contributed by atoms with E-state index in [4.69, 9.17) is 23.2 Å². The Morgan fingerprint density at radius 3 is 1.77 bits per heavy atom. The van der Waals surface area contributed by atoms with Crippen LogP contribution in [0.15, 0.2) is 59.7 Å². The second kappa shape index (κ2) is 7.03. The fraction of sp³-hybridized carbons (Fsp3) is 0.227. The highest BCUT2D eigenvalue weighted by molar-refractivity contribution is 6.31. The second-order valence-electron chi connectivity index (χ2n) is 6.91. The third-order valence-corrected chi connectivity index (χ3v) is 5.75. The maximum absolute atomic E-state index is 13.3. The van der Waals surface area contributed by atoms with E-state index in [1.807, 2.05) is 60.7 Å². The number of rotatable bonds is 2. The van der Waals surface area contributed by atoms with Crippen LogP contribution in [0.25, 0.3) is 12.2 Å². The highest BCUT2D eigenvalue weighted by Crippen LogP contribution is 2.40. The molecule has 2 aliphatic rings. The number of halogens is 2. The van der Waals surface area contributed by atoms with Gasteiger partial charge in [-0.25, -0.2) is 0 Å². The van der Waals surface area contributed by atoms with Crippen molar-refractivity contribution in [2.24, 2.45) is 0 Å². The van der Waals surface area contributed by atoms with E-state index >= 15 is 0 Å². The summed E-state index contributed by atoms with van der Waals surface area (Å²) in [6.45, 7) is 0. The molecule has 0 saturated carbocycles. The summed E-state index contributed by atoms with van der Waals surface area (Å²) in [4.78, 5) is 15.6. The Kier molecular flexibility index (Phi) is 4.74. The summed E-state index contributed by atoms with van der Waals surface area (Å²) in [5.74, 6) is 0.135. The Hall–Kier alpha value is -1.87. The van der Waals surface area contributed by atoms with Gasteiger partial charge in [-0.3, -0.25) is 9.69 Å². The molecule has 132 valence electrons. The fourth-order valence-electron chi connectivity index (χ4n) is 4.03. The largest absolute Gasteiger partial charge is 0.292 e. The van der Waals surface area contributed by atoms with Crippen LogP contribution >= 0.6 is 23.2 Å². The Balaban J connectivity index is 1.78. The van der Waals surface area contributed by atoms with Crippen molar-refractivity contribution in [1.82, 2.24) is 4.90 Å². The molecular weight excluding hydrogens is 365 g/mol. The van der Waals surface area contributed by atoms with Gasteiger partial charge in [0.15, 0.2) is 5.78 Å². The zero-order valence-electron chi connectivity index (χ0n) is 14.5. The summed E-state index contributed by atoms with van der Waals surface area (Å²) < 4.78 is 0. The molecule has 2 atom stereocenters. The van der Waals surface area contributed by atoms with Gasteiger partial charge in [0.2, 0.25) is 0 Å². The van der Waals surface area contributed by atoms with Gasteiger partial charge in [0.1, 0.15) is 0 Å². The molecule has 2 unspecified atom stereocenters. The van der Waals surface area contributed by atoms with Crippen molar-refractivity contribution in [3.8, 4) is 0 Å². The Morgan fingerprint density at radius 1 is 0.885 bits per heavy atom. The van der Waals surface area contributed by atoms with E-state index < -0.39 is 0 Å². The third kappa shape index (κ3) is 3.25. The number of Topliss-reactive ketones (excluding diaryl/α,β-unsaturated/α-hetero) is 1. The van der Waals surface area contributed by atoms with Crippen molar-refractivity contribution in [2.45, 2.75) is 24.9 Å². The minimum Gasteiger partial charge on any atom is -0.292 e. The molecule has 0 aromatic heterocycles. The van der Waals surface area contributed by atoms with Crippen molar-refractivity contribution >= 4 is 41.1 Å². The average molecular weight is 384 g/mol. The maximum Gasteiger partial charge on any atom is 0.188 e. The van der Waals surface area contributed by atoms with E-state index in [1.165, 1.54) is 0 Å². The first-order valence-electron chi connectivity index (χ1n) is 8.74. The van der Waals surface area contributed by atoms with E-state index in [2.05, 4.69) is 11.9 Å². The molecule has 2 heterocycles. The first kappa shape index (κ1) is 17.5. The van der Waals surface area contributed by atoms with Gasteiger partial charge in [0.25, 0.3) is 0 Å². The van der Waals surface area contributed by atoms with E-state index in [-0.39, 0.29) is 17.9 Å². The third-order valence-electron chi connectivity index (χ3n) is 5.28. The van der Waals surface area contributed by atoms with Gasteiger partial charge < -0.3 is 0 Å². The van der Waals surface area contributed by atoms with Gasteiger partial charge in [-0.15, -0.1) is 0 Å². The summed E-state index contributed by atoms with van der Waals surface area (Å²) in [5.41, 5.74) is 3.61. The Bertz CT molecular complexity index is 858. The number of benzene rings is 2. The standard InChI is InChI=1S/C22H19Cl2NO/c1-25-20-8-9-21(25)19(13-15-5-3-7-17(24)11-15)22(26)18(20)12-14-4-2-6-16(23)10-14/h2-7,10-13,20-21H,8-9H2,1H3/b18-12+,19-13+. The molecule has 2 saturated heterocycles. The van der Waals surface area contributed by atoms with Crippen LogP contribution in [0.4, 0.5) is 0 Å². The summed E-state index contributed by atoms with van der Waals surface area (Å²) in [6, 6.07) is 15.6. The monoisotopic (exact) mass is 383 g/mol. The van der Waals surface area contributed by atoms with Crippen molar-refractivity contribution in [3.05, 3.63) is 80.8 Å². The van der Waals surface area contributed by atoms with Gasteiger partial charge in [-0.05, 0) is 67.4 Å². The molecule has 0 amide bonds. The Labute approximate surface area is 163 Å². The predicted molar refractivity (Wildman–Crippen MR) is 108 cm³/mol. The van der Waals surface area contributed by atoms with Gasteiger partial charge in [0, 0.05) is 33.3 Å². The van der Waals surface area contributed by atoms with Crippen LogP contribution in [0.3, 0.4) is 0 Å². The van der Waals surface area contributed by atoms with E-state index in [0.717, 1.165) is 35.1 Å². The second-order valence-corrected chi connectivity index (χ2v) is 7.79. The molecule has 0 aliphatic carbocycles. The van der Waals surface area contributed by atoms with Crippen molar-refractivity contribution in [1.29, 1.82) is 0 Å². The number of hydrogen-bond donors (Lipinski definition) is 0. The van der Waals surface area contributed by atoms with E-state index in [0.29, 0.717) is 10.0 Å². The smallest absolute Gasteiger partial charge is 0.188 e. The van der Waals surface area contributed by atoms with E-state index in [9.17, 15) is 4.79 Å². The molecule has 0 N–H and O–H groups in total. The molecule has 2 aromatic carbocycles. The topological polar surface area (TPSA) is 20.3 Å². The lowest BCUT2D eigenvalue weighted by molar-refractivity contribution is -0.114. The van der Waals surface area contributed by atoms with Crippen LogP contribution in [0.2, 0.25) is 10.0 Å². The summed E-state index contributed by atoms with van der Waals surface area (Å²) in [6.07, 6.45) is 5.96. The summed E-state index contributed by atoms with van der Waals surface area (Å²) >= 11 is 12.2. The van der Waals surface area contributed by atoms with Crippen LogP contribution in [0.1, 0.15) is 24.0 Å². The molecule has 2 fully saturated rings. The number of carbonyl (C=O) groups excluding carboxylic acids is 1. The van der Waals surface area contributed by atoms with Crippen molar-refractivity contribution < 1.29 is 4.79 Å². The number of nitrogens with zero attached hydrogens (tertiary/aromatic N) is 1. The summed E-state index contributed by atoms with van der Waals surface area (Å²) in [7, 11) is 2.10.